The monoisotopic (exact) mass is 256 g/mol. The van der Waals surface area contributed by atoms with Gasteiger partial charge in [-0.1, -0.05) is 19.3 Å². The molecule has 1 saturated carbocycles. The van der Waals surface area contributed by atoms with Crippen LogP contribution in [0.3, 0.4) is 0 Å². The van der Waals surface area contributed by atoms with Crippen LogP contribution in [0.1, 0.15) is 44.9 Å². The molecule has 0 radical (unpaired) electrons. The van der Waals surface area contributed by atoms with Crippen molar-refractivity contribution in [2.45, 2.75) is 57.0 Å². The largest absolute Gasteiger partial charge is 0.353 e. The van der Waals surface area contributed by atoms with E-state index < -0.39 is 0 Å². The van der Waals surface area contributed by atoms with Gasteiger partial charge in [0, 0.05) is 12.1 Å². The summed E-state index contributed by atoms with van der Waals surface area (Å²) in [5, 5.41) is 3.21. The molecule has 0 aromatic carbocycles. The Hall–Kier alpha value is -0.220. The van der Waals surface area contributed by atoms with Crippen molar-refractivity contribution in [3.8, 4) is 0 Å². The summed E-state index contributed by atoms with van der Waals surface area (Å²) in [4.78, 5) is 12.2. The van der Waals surface area contributed by atoms with Gasteiger partial charge in [-0.05, 0) is 37.2 Å². The zero-order chi connectivity index (χ0) is 12.1. The molecule has 17 heavy (non-hydrogen) atoms. The van der Waals surface area contributed by atoms with Crippen LogP contribution in [0.15, 0.2) is 0 Å². The second kappa shape index (κ2) is 6.64. The zero-order valence-electron chi connectivity index (χ0n) is 10.5. The number of rotatable bonds is 2. The Kier molecular flexibility index (Phi) is 5.16. The zero-order valence-corrected chi connectivity index (χ0v) is 11.3. The molecule has 1 aliphatic carbocycles. The summed E-state index contributed by atoms with van der Waals surface area (Å²) in [6, 6.07) is 0.481. The van der Waals surface area contributed by atoms with Crippen molar-refractivity contribution >= 4 is 17.7 Å². The first-order valence-electron chi connectivity index (χ1n) is 6.91. The van der Waals surface area contributed by atoms with Crippen LogP contribution < -0.4 is 11.1 Å². The van der Waals surface area contributed by atoms with E-state index in [-0.39, 0.29) is 17.9 Å². The quantitative estimate of drug-likeness (QED) is 0.742. The first kappa shape index (κ1) is 13.2. The Morgan fingerprint density at radius 2 is 1.76 bits per heavy atom. The molecule has 1 heterocycles. The third-order valence-corrected chi connectivity index (χ3v) is 5.02. The van der Waals surface area contributed by atoms with E-state index >= 15 is 0 Å². The summed E-state index contributed by atoms with van der Waals surface area (Å²) >= 11 is 1.99. The van der Waals surface area contributed by atoms with E-state index in [1.165, 1.54) is 24.3 Å². The number of amides is 1. The molecule has 2 unspecified atom stereocenters. The minimum absolute atomic E-state index is 0.0621. The van der Waals surface area contributed by atoms with Crippen LogP contribution in [0.2, 0.25) is 0 Å². The van der Waals surface area contributed by atoms with Crippen LogP contribution >= 0.6 is 11.8 Å². The summed E-state index contributed by atoms with van der Waals surface area (Å²) in [6.07, 6.45) is 7.82. The first-order chi connectivity index (χ1) is 8.27. The predicted molar refractivity (Wildman–Crippen MR) is 73.0 cm³/mol. The Morgan fingerprint density at radius 1 is 1.06 bits per heavy atom. The highest BCUT2D eigenvalue weighted by molar-refractivity contribution is 7.99. The maximum Gasteiger partial charge on any atom is 0.224 e. The fourth-order valence-corrected chi connectivity index (χ4v) is 3.92. The van der Waals surface area contributed by atoms with Gasteiger partial charge in [0.1, 0.15) is 0 Å². The Morgan fingerprint density at radius 3 is 2.53 bits per heavy atom. The van der Waals surface area contributed by atoms with Gasteiger partial charge in [0.05, 0.1) is 5.92 Å². The Balaban J connectivity index is 1.84. The second-order valence-corrected chi connectivity index (χ2v) is 6.53. The molecule has 0 aromatic rings. The molecule has 2 fully saturated rings. The lowest BCUT2D eigenvalue weighted by atomic mass is 9.94. The van der Waals surface area contributed by atoms with Gasteiger partial charge in [-0.2, -0.15) is 11.8 Å². The molecule has 3 N–H and O–H groups in total. The van der Waals surface area contributed by atoms with Gasteiger partial charge in [-0.25, -0.2) is 0 Å². The van der Waals surface area contributed by atoms with Crippen LogP contribution in [-0.2, 0) is 4.79 Å². The number of hydrogen-bond acceptors (Lipinski definition) is 3. The van der Waals surface area contributed by atoms with Gasteiger partial charge in [0.25, 0.3) is 0 Å². The van der Waals surface area contributed by atoms with Crippen LogP contribution in [0.25, 0.3) is 0 Å². The van der Waals surface area contributed by atoms with E-state index in [4.69, 9.17) is 5.73 Å². The topological polar surface area (TPSA) is 55.1 Å². The average Bonchev–Trinajstić information content (AvgIpc) is 2.55. The van der Waals surface area contributed by atoms with Crippen LogP contribution in [-0.4, -0.2) is 29.5 Å². The standard InChI is InChI=1S/C13H24N2OS/c14-12-5-3-1-2-4-11(12)13(16)15-10-6-8-17-9-7-10/h10-12H,1-9,14H2,(H,15,16). The number of thioether (sulfide) groups is 1. The lowest BCUT2D eigenvalue weighted by Gasteiger charge is -2.27. The number of carbonyl (C=O) groups excluding carboxylic acids is 1. The van der Waals surface area contributed by atoms with Crippen molar-refractivity contribution < 1.29 is 4.79 Å². The molecule has 3 nitrogen and oxygen atoms in total. The van der Waals surface area contributed by atoms with Gasteiger partial charge in [-0.3, -0.25) is 4.79 Å². The fourth-order valence-electron chi connectivity index (χ4n) is 2.81. The molecule has 98 valence electrons. The van der Waals surface area contributed by atoms with Crippen molar-refractivity contribution in [3.63, 3.8) is 0 Å². The predicted octanol–water partition coefficient (Wildman–Crippen LogP) is 1.91. The molecule has 1 amide bonds. The minimum Gasteiger partial charge on any atom is -0.353 e. The highest BCUT2D eigenvalue weighted by Crippen LogP contribution is 2.23. The summed E-state index contributed by atoms with van der Waals surface area (Å²) in [5.41, 5.74) is 6.12. The van der Waals surface area contributed by atoms with E-state index in [0.29, 0.717) is 6.04 Å². The third kappa shape index (κ3) is 3.88. The van der Waals surface area contributed by atoms with Crippen LogP contribution in [0, 0.1) is 5.92 Å². The third-order valence-electron chi connectivity index (χ3n) is 3.97. The maximum atomic E-state index is 12.2. The second-order valence-electron chi connectivity index (χ2n) is 5.30. The van der Waals surface area contributed by atoms with Gasteiger partial charge in [0.15, 0.2) is 0 Å². The Bertz CT molecular complexity index is 254. The van der Waals surface area contributed by atoms with Crippen LogP contribution in [0.4, 0.5) is 0 Å². The molecule has 2 aliphatic rings. The smallest absolute Gasteiger partial charge is 0.224 e. The molecule has 2 atom stereocenters. The SMILES string of the molecule is NC1CCCCCC1C(=O)NC1CCSCC1. The summed E-state index contributed by atoms with van der Waals surface area (Å²) < 4.78 is 0. The van der Waals surface area contributed by atoms with Gasteiger partial charge in [-0.15, -0.1) is 0 Å². The molecule has 2 rings (SSSR count). The highest BCUT2D eigenvalue weighted by Gasteiger charge is 2.28. The lowest BCUT2D eigenvalue weighted by molar-refractivity contribution is -0.126. The Labute approximate surface area is 108 Å². The average molecular weight is 256 g/mol. The normalized spacial score (nSPS) is 31.8. The van der Waals surface area contributed by atoms with Crippen molar-refractivity contribution in [1.82, 2.24) is 5.32 Å². The molecule has 0 aromatic heterocycles. The van der Waals surface area contributed by atoms with E-state index in [9.17, 15) is 4.79 Å². The fraction of sp³-hybridized carbons (Fsp3) is 0.923. The maximum absolute atomic E-state index is 12.2. The number of hydrogen-bond donors (Lipinski definition) is 2. The highest BCUT2D eigenvalue weighted by atomic mass is 32.2. The van der Waals surface area contributed by atoms with E-state index in [1.54, 1.807) is 0 Å². The molecular formula is C13H24N2OS. The lowest BCUT2D eigenvalue weighted by Crippen LogP contribution is -2.46. The first-order valence-corrected chi connectivity index (χ1v) is 8.06. The molecule has 1 saturated heterocycles. The van der Waals surface area contributed by atoms with Crippen molar-refractivity contribution in [2.75, 3.05) is 11.5 Å². The number of carbonyl (C=O) groups is 1. The molecule has 1 aliphatic heterocycles. The molecule has 0 spiro atoms. The van der Waals surface area contributed by atoms with E-state index in [0.717, 1.165) is 32.1 Å². The van der Waals surface area contributed by atoms with Gasteiger partial charge >= 0.3 is 0 Å². The van der Waals surface area contributed by atoms with Crippen LogP contribution in [0.5, 0.6) is 0 Å². The van der Waals surface area contributed by atoms with E-state index in [2.05, 4.69) is 5.32 Å². The molecule has 0 bridgehead atoms. The summed E-state index contributed by atoms with van der Waals surface area (Å²) in [6.45, 7) is 0. The number of nitrogens with one attached hydrogen (secondary N) is 1. The summed E-state index contributed by atoms with van der Waals surface area (Å²) in [7, 11) is 0. The van der Waals surface area contributed by atoms with E-state index in [1.807, 2.05) is 11.8 Å². The van der Waals surface area contributed by atoms with Gasteiger partial charge < -0.3 is 11.1 Å². The van der Waals surface area contributed by atoms with Crippen molar-refractivity contribution in [2.24, 2.45) is 11.7 Å². The number of nitrogens with two attached hydrogens (primary N) is 1. The minimum atomic E-state index is 0.0621. The molecular weight excluding hydrogens is 232 g/mol. The van der Waals surface area contributed by atoms with Crippen molar-refractivity contribution in [1.29, 1.82) is 0 Å². The van der Waals surface area contributed by atoms with Gasteiger partial charge in [0.2, 0.25) is 5.91 Å². The van der Waals surface area contributed by atoms with Crippen molar-refractivity contribution in [3.05, 3.63) is 0 Å². The summed E-state index contributed by atoms with van der Waals surface area (Å²) in [5.74, 6) is 2.65. The molecule has 4 heteroatoms.